The van der Waals surface area contributed by atoms with E-state index in [0.717, 1.165) is 50.2 Å². The third-order valence-electron chi connectivity index (χ3n) is 5.39. The Morgan fingerprint density at radius 2 is 2.14 bits per heavy atom. The van der Waals surface area contributed by atoms with Gasteiger partial charge in [0.25, 0.3) is 0 Å². The Bertz CT molecular complexity index is 938. The van der Waals surface area contributed by atoms with Crippen LogP contribution >= 0.6 is 0 Å². The summed E-state index contributed by atoms with van der Waals surface area (Å²) < 4.78 is 0. The third-order valence-corrected chi connectivity index (χ3v) is 5.39. The van der Waals surface area contributed by atoms with Crippen LogP contribution in [0, 0.1) is 0 Å². The van der Waals surface area contributed by atoms with Crippen LogP contribution < -0.4 is 5.73 Å². The summed E-state index contributed by atoms with van der Waals surface area (Å²) in [6.45, 7) is 1.59. The summed E-state index contributed by atoms with van der Waals surface area (Å²) in [7, 11) is 0. The summed E-state index contributed by atoms with van der Waals surface area (Å²) in [6.07, 6.45) is 9.68. The van der Waals surface area contributed by atoms with Crippen molar-refractivity contribution in [2.75, 3.05) is 6.54 Å². The van der Waals surface area contributed by atoms with Crippen LogP contribution in [0.5, 0.6) is 0 Å². The quantitative estimate of drug-likeness (QED) is 0.664. The molecule has 0 aliphatic heterocycles. The molecule has 1 amide bonds. The van der Waals surface area contributed by atoms with Gasteiger partial charge in [-0.1, -0.05) is 18.2 Å². The smallest absolute Gasteiger partial charge is 0.248 e. The van der Waals surface area contributed by atoms with Crippen molar-refractivity contribution in [2.24, 2.45) is 5.73 Å². The fourth-order valence-electron chi connectivity index (χ4n) is 4.03. The molecule has 6 nitrogen and oxygen atoms in total. The number of nitrogens with two attached hydrogens (primary N) is 1. The first kappa shape index (κ1) is 18.4. The number of carbonyl (C=O) groups is 1. The lowest BCUT2D eigenvalue weighted by Crippen LogP contribution is -2.33. The molecule has 2 heterocycles. The number of benzene rings is 1. The van der Waals surface area contributed by atoms with E-state index < -0.39 is 5.91 Å². The molecule has 0 radical (unpaired) electrons. The molecule has 0 saturated heterocycles. The SMILES string of the molecule is NC(=O)c1cccc(CN(CCc2ncc[nH]2)C2CCCc3cccnc32)c1. The van der Waals surface area contributed by atoms with E-state index in [1.807, 2.05) is 30.6 Å². The molecule has 0 saturated carbocycles. The highest BCUT2D eigenvalue weighted by Gasteiger charge is 2.27. The monoisotopic (exact) mass is 375 g/mol. The van der Waals surface area contributed by atoms with Crippen molar-refractivity contribution in [1.82, 2.24) is 19.9 Å². The highest BCUT2D eigenvalue weighted by molar-refractivity contribution is 5.92. The minimum absolute atomic E-state index is 0.261. The number of aryl methyl sites for hydroxylation is 1. The highest BCUT2D eigenvalue weighted by atomic mass is 16.1. The van der Waals surface area contributed by atoms with Gasteiger partial charge < -0.3 is 10.7 Å². The Labute approximate surface area is 164 Å². The number of nitrogens with one attached hydrogen (secondary N) is 1. The van der Waals surface area contributed by atoms with Crippen LogP contribution in [0.4, 0.5) is 0 Å². The number of H-pyrrole nitrogens is 1. The number of pyridine rings is 1. The van der Waals surface area contributed by atoms with Crippen molar-refractivity contribution < 1.29 is 4.79 Å². The molecule has 0 bridgehead atoms. The average Bonchev–Trinajstić information content (AvgIpc) is 3.24. The minimum atomic E-state index is -0.395. The molecule has 1 aliphatic carbocycles. The molecule has 0 fully saturated rings. The number of fused-ring (bicyclic) bond motifs is 1. The van der Waals surface area contributed by atoms with Gasteiger partial charge in [0.2, 0.25) is 5.91 Å². The van der Waals surface area contributed by atoms with Gasteiger partial charge in [-0.2, -0.15) is 0 Å². The van der Waals surface area contributed by atoms with Crippen molar-refractivity contribution in [1.29, 1.82) is 0 Å². The number of hydrogen-bond donors (Lipinski definition) is 2. The van der Waals surface area contributed by atoms with Crippen molar-refractivity contribution >= 4 is 5.91 Å². The third kappa shape index (κ3) is 4.12. The molecule has 1 aromatic carbocycles. The molecular formula is C22H25N5O. The normalized spacial score (nSPS) is 16.1. The number of rotatable bonds is 7. The zero-order chi connectivity index (χ0) is 19.3. The number of primary amides is 1. The van der Waals surface area contributed by atoms with Crippen LogP contribution in [0.2, 0.25) is 0 Å². The molecule has 1 atom stereocenters. The zero-order valence-corrected chi connectivity index (χ0v) is 15.8. The molecule has 144 valence electrons. The number of hydrogen-bond acceptors (Lipinski definition) is 4. The predicted octanol–water partition coefficient (Wildman–Crippen LogP) is 3.03. The lowest BCUT2D eigenvalue weighted by molar-refractivity contribution is 0.1000. The maximum absolute atomic E-state index is 11.6. The van der Waals surface area contributed by atoms with Gasteiger partial charge in [-0.3, -0.25) is 14.7 Å². The summed E-state index contributed by atoms with van der Waals surface area (Å²) in [4.78, 5) is 26.3. The van der Waals surface area contributed by atoms with E-state index in [-0.39, 0.29) is 6.04 Å². The summed E-state index contributed by atoms with van der Waals surface area (Å²) >= 11 is 0. The second kappa shape index (κ2) is 8.35. The van der Waals surface area contributed by atoms with E-state index in [0.29, 0.717) is 5.56 Å². The molecule has 28 heavy (non-hydrogen) atoms. The van der Waals surface area contributed by atoms with Gasteiger partial charge >= 0.3 is 0 Å². The van der Waals surface area contributed by atoms with Gasteiger partial charge in [0.1, 0.15) is 5.82 Å². The first-order valence-corrected chi connectivity index (χ1v) is 9.75. The van der Waals surface area contributed by atoms with Crippen LogP contribution in [-0.2, 0) is 19.4 Å². The summed E-state index contributed by atoms with van der Waals surface area (Å²) in [5.41, 5.74) is 9.62. The number of imidazole rings is 1. The molecule has 1 aliphatic rings. The highest BCUT2D eigenvalue weighted by Crippen LogP contribution is 2.33. The van der Waals surface area contributed by atoms with E-state index in [1.54, 1.807) is 12.3 Å². The number of carbonyl (C=O) groups excluding carboxylic acids is 1. The van der Waals surface area contributed by atoms with Crippen LogP contribution in [0.15, 0.2) is 55.0 Å². The van der Waals surface area contributed by atoms with Gasteiger partial charge in [0.15, 0.2) is 0 Å². The average molecular weight is 375 g/mol. The number of nitrogens with zero attached hydrogens (tertiary/aromatic N) is 3. The van der Waals surface area contributed by atoms with Crippen molar-refractivity contribution in [2.45, 2.75) is 38.3 Å². The van der Waals surface area contributed by atoms with Crippen LogP contribution in [0.1, 0.15) is 51.9 Å². The van der Waals surface area contributed by atoms with E-state index in [9.17, 15) is 4.79 Å². The lowest BCUT2D eigenvalue weighted by Gasteiger charge is -2.35. The van der Waals surface area contributed by atoms with E-state index in [4.69, 9.17) is 10.7 Å². The molecule has 2 aromatic heterocycles. The van der Waals surface area contributed by atoms with E-state index in [1.165, 1.54) is 11.3 Å². The number of aromatic nitrogens is 3. The van der Waals surface area contributed by atoms with E-state index in [2.05, 4.69) is 27.0 Å². The zero-order valence-electron chi connectivity index (χ0n) is 15.8. The Hall–Kier alpha value is -2.99. The Morgan fingerprint density at radius 1 is 1.21 bits per heavy atom. The van der Waals surface area contributed by atoms with Gasteiger partial charge in [-0.05, 0) is 48.6 Å². The van der Waals surface area contributed by atoms with Crippen molar-refractivity contribution in [3.63, 3.8) is 0 Å². The fourth-order valence-corrected chi connectivity index (χ4v) is 4.03. The molecule has 3 aromatic rings. The van der Waals surface area contributed by atoms with Gasteiger partial charge in [-0.15, -0.1) is 0 Å². The Balaban J connectivity index is 1.61. The second-order valence-corrected chi connectivity index (χ2v) is 7.28. The Morgan fingerprint density at radius 3 is 2.96 bits per heavy atom. The lowest BCUT2D eigenvalue weighted by atomic mass is 9.90. The molecule has 4 rings (SSSR count). The van der Waals surface area contributed by atoms with E-state index >= 15 is 0 Å². The standard InChI is InChI=1S/C22H25N5O/c23-22(28)18-6-1-4-16(14-18)15-27(13-9-20-24-11-12-25-20)19-8-2-5-17-7-3-10-26-21(17)19/h1,3-4,6-7,10-12,14,19H,2,5,8-9,13,15H2,(H2,23,28)(H,24,25). The van der Waals surface area contributed by atoms with Crippen molar-refractivity contribution in [3.05, 3.63) is 83.2 Å². The van der Waals surface area contributed by atoms with Gasteiger partial charge in [-0.25, -0.2) is 4.98 Å². The number of aromatic amines is 1. The van der Waals surface area contributed by atoms with Crippen LogP contribution in [0.25, 0.3) is 0 Å². The first-order valence-electron chi connectivity index (χ1n) is 9.75. The predicted molar refractivity (Wildman–Crippen MR) is 108 cm³/mol. The van der Waals surface area contributed by atoms with Crippen LogP contribution in [-0.4, -0.2) is 32.3 Å². The minimum Gasteiger partial charge on any atom is -0.366 e. The topological polar surface area (TPSA) is 87.9 Å². The summed E-state index contributed by atoms with van der Waals surface area (Å²) in [6, 6.07) is 12.1. The molecule has 6 heteroatoms. The summed E-state index contributed by atoms with van der Waals surface area (Å²) in [5.74, 6) is 0.585. The first-order chi connectivity index (χ1) is 13.7. The molecule has 0 spiro atoms. The number of amides is 1. The molecule has 3 N–H and O–H groups in total. The second-order valence-electron chi connectivity index (χ2n) is 7.28. The molecule has 1 unspecified atom stereocenters. The maximum atomic E-state index is 11.6. The van der Waals surface area contributed by atoms with Gasteiger partial charge in [0.05, 0.1) is 11.7 Å². The van der Waals surface area contributed by atoms with Crippen LogP contribution in [0.3, 0.4) is 0 Å². The maximum Gasteiger partial charge on any atom is 0.248 e. The van der Waals surface area contributed by atoms with Crippen molar-refractivity contribution in [3.8, 4) is 0 Å². The Kier molecular flexibility index (Phi) is 5.48. The fraction of sp³-hybridized carbons (Fsp3) is 0.318. The molecular weight excluding hydrogens is 350 g/mol. The summed E-state index contributed by atoms with van der Waals surface area (Å²) in [5, 5.41) is 0. The largest absolute Gasteiger partial charge is 0.366 e. The van der Waals surface area contributed by atoms with Gasteiger partial charge in [0, 0.05) is 43.7 Å².